The molecule has 0 radical (unpaired) electrons. The summed E-state index contributed by atoms with van der Waals surface area (Å²) in [6.45, 7) is 0.0179. The largest absolute Gasteiger partial charge is 0.456 e. The molecule has 0 unspecified atom stereocenters. The SMILES string of the molecule is NC(=O)NCCCCCC(=O)OCC(=O)Nc1ccc(F)c(Cl)c1. The van der Waals surface area contributed by atoms with Crippen LogP contribution in [0, 0.1) is 5.82 Å². The van der Waals surface area contributed by atoms with E-state index in [0.29, 0.717) is 25.1 Å². The second kappa shape index (κ2) is 10.4. The molecule has 0 aliphatic heterocycles. The minimum absolute atomic E-state index is 0.115. The van der Waals surface area contributed by atoms with E-state index >= 15 is 0 Å². The van der Waals surface area contributed by atoms with Gasteiger partial charge >= 0.3 is 12.0 Å². The van der Waals surface area contributed by atoms with Gasteiger partial charge in [-0.3, -0.25) is 9.59 Å². The van der Waals surface area contributed by atoms with Gasteiger partial charge < -0.3 is 21.1 Å². The van der Waals surface area contributed by atoms with Gasteiger partial charge in [0.15, 0.2) is 6.61 Å². The maximum absolute atomic E-state index is 13.0. The van der Waals surface area contributed by atoms with Crippen LogP contribution in [-0.2, 0) is 14.3 Å². The number of benzene rings is 1. The average Bonchev–Trinajstić information content (AvgIpc) is 2.52. The average molecular weight is 360 g/mol. The van der Waals surface area contributed by atoms with Gasteiger partial charge in [-0.2, -0.15) is 0 Å². The van der Waals surface area contributed by atoms with Crippen LogP contribution in [0.4, 0.5) is 14.9 Å². The molecule has 9 heteroatoms. The minimum Gasteiger partial charge on any atom is -0.456 e. The zero-order valence-corrected chi connectivity index (χ0v) is 13.7. The Kier molecular flexibility index (Phi) is 8.56. The molecule has 0 bridgehead atoms. The molecular formula is C15H19ClFN3O4. The van der Waals surface area contributed by atoms with Gasteiger partial charge in [0.05, 0.1) is 5.02 Å². The first-order chi connectivity index (χ1) is 11.4. The van der Waals surface area contributed by atoms with E-state index in [-0.39, 0.29) is 11.4 Å². The fourth-order valence-electron chi connectivity index (χ4n) is 1.77. The van der Waals surface area contributed by atoms with Crippen LogP contribution in [0.25, 0.3) is 0 Å². The first kappa shape index (κ1) is 19.7. The molecule has 0 spiro atoms. The molecule has 3 amide bonds. The maximum atomic E-state index is 13.0. The number of nitrogens with two attached hydrogens (primary N) is 1. The zero-order chi connectivity index (χ0) is 17.9. The predicted molar refractivity (Wildman–Crippen MR) is 87.1 cm³/mol. The molecule has 24 heavy (non-hydrogen) atoms. The highest BCUT2D eigenvalue weighted by atomic mass is 35.5. The van der Waals surface area contributed by atoms with Gasteiger partial charge in [-0.05, 0) is 31.0 Å². The number of amides is 3. The molecule has 7 nitrogen and oxygen atoms in total. The molecule has 1 aromatic carbocycles. The molecule has 0 heterocycles. The Morgan fingerprint density at radius 2 is 1.96 bits per heavy atom. The molecule has 1 aromatic rings. The Bertz CT molecular complexity index is 598. The topological polar surface area (TPSA) is 111 Å². The number of primary amides is 1. The quantitative estimate of drug-likeness (QED) is 0.463. The second-order valence-corrected chi connectivity index (χ2v) is 5.35. The lowest BCUT2D eigenvalue weighted by molar-refractivity contribution is -0.147. The number of anilines is 1. The first-order valence-electron chi connectivity index (χ1n) is 7.32. The Morgan fingerprint density at radius 1 is 1.21 bits per heavy atom. The van der Waals surface area contributed by atoms with E-state index < -0.39 is 30.3 Å². The fraction of sp³-hybridized carbons (Fsp3) is 0.400. The Hall–Kier alpha value is -2.35. The van der Waals surface area contributed by atoms with Crippen LogP contribution in [-0.4, -0.2) is 31.1 Å². The highest BCUT2D eigenvalue weighted by Crippen LogP contribution is 2.19. The molecule has 0 saturated carbocycles. The molecular weight excluding hydrogens is 341 g/mol. The highest BCUT2D eigenvalue weighted by molar-refractivity contribution is 6.31. The van der Waals surface area contributed by atoms with Crippen LogP contribution in [0.5, 0.6) is 0 Å². The third-order valence-electron chi connectivity index (χ3n) is 2.92. The number of rotatable bonds is 9. The summed E-state index contributed by atoms with van der Waals surface area (Å²) in [5.74, 6) is -1.63. The predicted octanol–water partition coefficient (Wildman–Crippen LogP) is 2.19. The molecule has 0 aliphatic carbocycles. The minimum atomic E-state index is -0.591. The number of hydrogen-bond donors (Lipinski definition) is 3. The Labute approximate surface area is 143 Å². The van der Waals surface area contributed by atoms with E-state index in [1.807, 2.05) is 0 Å². The number of carbonyl (C=O) groups is 3. The number of ether oxygens (including phenoxy) is 1. The van der Waals surface area contributed by atoms with Crippen molar-refractivity contribution in [2.75, 3.05) is 18.5 Å². The molecule has 0 aliphatic rings. The molecule has 4 N–H and O–H groups in total. The lowest BCUT2D eigenvalue weighted by Gasteiger charge is -2.07. The van der Waals surface area contributed by atoms with E-state index in [4.69, 9.17) is 22.1 Å². The molecule has 132 valence electrons. The summed E-state index contributed by atoms with van der Waals surface area (Å²) in [7, 11) is 0. The number of hydrogen-bond acceptors (Lipinski definition) is 4. The molecule has 0 aromatic heterocycles. The van der Waals surface area contributed by atoms with Crippen molar-refractivity contribution in [3.05, 3.63) is 29.0 Å². The highest BCUT2D eigenvalue weighted by Gasteiger charge is 2.09. The van der Waals surface area contributed by atoms with E-state index in [2.05, 4.69) is 10.6 Å². The smallest absolute Gasteiger partial charge is 0.312 e. The summed E-state index contributed by atoms with van der Waals surface area (Å²) in [6.07, 6.45) is 2.17. The number of nitrogens with one attached hydrogen (secondary N) is 2. The lowest BCUT2D eigenvalue weighted by atomic mass is 10.2. The number of halogens is 2. The Balaban J connectivity index is 2.16. The van der Waals surface area contributed by atoms with E-state index in [1.54, 1.807) is 0 Å². The van der Waals surface area contributed by atoms with Crippen molar-refractivity contribution >= 4 is 35.2 Å². The van der Waals surface area contributed by atoms with E-state index in [9.17, 15) is 18.8 Å². The summed E-state index contributed by atoms with van der Waals surface area (Å²) >= 11 is 5.59. The van der Waals surface area contributed by atoms with Crippen LogP contribution < -0.4 is 16.4 Å². The van der Waals surface area contributed by atoms with Crippen LogP contribution in [0.3, 0.4) is 0 Å². The molecule has 0 fully saturated rings. The molecule has 1 rings (SSSR count). The molecule has 0 saturated heterocycles. The summed E-state index contributed by atoms with van der Waals surface area (Å²) in [6, 6.07) is 3.15. The van der Waals surface area contributed by atoms with Crippen molar-refractivity contribution in [3.8, 4) is 0 Å². The number of unbranched alkanes of at least 4 members (excludes halogenated alkanes) is 2. The normalized spacial score (nSPS) is 10.1. The van der Waals surface area contributed by atoms with Crippen LogP contribution in [0.1, 0.15) is 25.7 Å². The number of urea groups is 1. The second-order valence-electron chi connectivity index (χ2n) is 4.94. The van der Waals surface area contributed by atoms with Crippen molar-refractivity contribution in [3.63, 3.8) is 0 Å². The van der Waals surface area contributed by atoms with Crippen LogP contribution in [0.2, 0.25) is 5.02 Å². The van der Waals surface area contributed by atoms with Gasteiger partial charge in [-0.1, -0.05) is 18.0 Å². The monoisotopic (exact) mass is 359 g/mol. The summed E-state index contributed by atoms with van der Waals surface area (Å²) in [4.78, 5) is 33.5. The maximum Gasteiger partial charge on any atom is 0.312 e. The van der Waals surface area contributed by atoms with Crippen molar-refractivity contribution < 1.29 is 23.5 Å². The third kappa shape index (κ3) is 8.33. The fourth-order valence-corrected chi connectivity index (χ4v) is 1.95. The third-order valence-corrected chi connectivity index (χ3v) is 3.21. The van der Waals surface area contributed by atoms with Gasteiger partial charge in [-0.25, -0.2) is 9.18 Å². The summed E-state index contributed by atoms with van der Waals surface area (Å²) in [5, 5.41) is 4.77. The van der Waals surface area contributed by atoms with Gasteiger partial charge in [0.25, 0.3) is 5.91 Å². The summed E-state index contributed by atoms with van der Waals surface area (Å²) in [5.41, 5.74) is 5.22. The standard InChI is InChI=1S/C15H19ClFN3O4/c16-11-8-10(5-6-12(11)17)20-13(21)9-24-14(22)4-2-1-3-7-19-15(18)23/h5-6,8H,1-4,7,9H2,(H,20,21)(H3,18,19,23). The lowest BCUT2D eigenvalue weighted by Crippen LogP contribution is -2.29. The van der Waals surface area contributed by atoms with Crippen molar-refractivity contribution in [1.82, 2.24) is 5.32 Å². The van der Waals surface area contributed by atoms with Gasteiger partial charge in [0, 0.05) is 18.7 Å². The van der Waals surface area contributed by atoms with Crippen molar-refractivity contribution in [1.29, 1.82) is 0 Å². The Morgan fingerprint density at radius 3 is 2.62 bits per heavy atom. The van der Waals surface area contributed by atoms with Crippen LogP contribution in [0.15, 0.2) is 18.2 Å². The first-order valence-corrected chi connectivity index (χ1v) is 7.70. The summed E-state index contributed by atoms with van der Waals surface area (Å²) < 4.78 is 17.8. The van der Waals surface area contributed by atoms with Gasteiger partial charge in [0.2, 0.25) is 0 Å². The number of carbonyl (C=O) groups excluding carboxylic acids is 3. The zero-order valence-electron chi connectivity index (χ0n) is 12.9. The van der Waals surface area contributed by atoms with Crippen LogP contribution >= 0.6 is 11.6 Å². The molecule has 0 atom stereocenters. The van der Waals surface area contributed by atoms with E-state index in [0.717, 1.165) is 12.5 Å². The van der Waals surface area contributed by atoms with E-state index in [1.165, 1.54) is 12.1 Å². The van der Waals surface area contributed by atoms with Crippen molar-refractivity contribution in [2.24, 2.45) is 5.73 Å². The van der Waals surface area contributed by atoms with Crippen molar-refractivity contribution in [2.45, 2.75) is 25.7 Å². The van der Waals surface area contributed by atoms with Gasteiger partial charge in [0.1, 0.15) is 5.82 Å². The van der Waals surface area contributed by atoms with Gasteiger partial charge in [-0.15, -0.1) is 0 Å². The number of esters is 1.